The molecule has 0 spiro atoms. The van der Waals surface area contributed by atoms with E-state index in [0.717, 1.165) is 19.3 Å². The van der Waals surface area contributed by atoms with Gasteiger partial charge in [-0.2, -0.15) is 0 Å². The monoisotopic (exact) mass is 261 g/mol. The normalized spacial score (nSPS) is 11.1. The van der Waals surface area contributed by atoms with Gasteiger partial charge in [-0.05, 0) is 24.8 Å². The molecule has 4 nitrogen and oxygen atoms in total. The molecule has 0 heterocycles. The van der Waals surface area contributed by atoms with Gasteiger partial charge in [0.1, 0.15) is 6.61 Å². The average Bonchev–Trinajstić information content (AvgIpc) is 2.46. The maximum atomic E-state index is 11.4. The van der Waals surface area contributed by atoms with E-state index in [2.05, 4.69) is 23.9 Å². The first-order valence-electron chi connectivity index (χ1n) is 6.30. The van der Waals surface area contributed by atoms with Crippen molar-refractivity contribution in [3.63, 3.8) is 0 Å². The van der Waals surface area contributed by atoms with Crippen LogP contribution in [0.4, 0.5) is 0 Å². The molecule has 0 unspecified atom stereocenters. The molecular formula is C15H19NO3. The zero-order chi connectivity index (χ0) is 13.9. The summed E-state index contributed by atoms with van der Waals surface area (Å²) in [7, 11) is 0. The van der Waals surface area contributed by atoms with Crippen molar-refractivity contribution < 1.29 is 14.7 Å². The number of esters is 1. The number of aryl methyl sites for hydroxylation is 1. The highest BCUT2D eigenvalue weighted by molar-refractivity contribution is 6.36. The Hall–Kier alpha value is -2.10. The summed E-state index contributed by atoms with van der Waals surface area (Å²) in [6.07, 6.45) is 4.54. The third-order valence-corrected chi connectivity index (χ3v) is 2.66. The van der Waals surface area contributed by atoms with Crippen LogP contribution in [-0.2, 0) is 16.0 Å². The first kappa shape index (κ1) is 15.0. The van der Waals surface area contributed by atoms with Gasteiger partial charge >= 0.3 is 5.97 Å². The van der Waals surface area contributed by atoms with Crippen LogP contribution in [0.15, 0.2) is 48.1 Å². The van der Waals surface area contributed by atoms with E-state index >= 15 is 0 Å². The summed E-state index contributed by atoms with van der Waals surface area (Å²) in [5.74, 6) is -0.581. The Morgan fingerprint density at radius 1 is 1.32 bits per heavy atom. The van der Waals surface area contributed by atoms with Crippen molar-refractivity contribution in [2.45, 2.75) is 25.7 Å². The molecule has 0 bridgehead atoms. The molecule has 4 heteroatoms. The lowest BCUT2D eigenvalue weighted by Crippen LogP contribution is -2.17. The number of carbonyl (C=O) groups excluding carboxylic acids is 1. The molecule has 0 radical (unpaired) electrons. The summed E-state index contributed by atoms with van der Waals surface area (Å²) in [5, 5.41) is 11.8. The molecule has 1 N–H and O–H groups in total. The number of carbonyl (C=O) groups is 1. The van der Waals surface area contributed by atoms with E-state index < -0.39 is 5.97 Å². The fraction of sp³-hybridized carbons (Fsp3) is 0.333. The Labute approximate surface area is 113 Å². The van der Waals surface area contributed by atoms with Gasteiger partial charge in [0.05, 0.1) is 0 Å². The van der Waals surface area contributed by atoms with Crippen LogP contribution < -0.4 is 0 Å². The van der Waals surface area contributed by atoms with E-state index in [1.807, 2.05) is 18.2 Å². The van der Waals surface area contributed by atoms with Gasteiger partial charge in [0.25, 0.3) is 0 Å². The maximum absolute atomic E-state index is 11.4. The van der Waals surface area contributed by atoms with Gasteiger partial charge in [0, 0.05) is 6.42 Å². The minimum atomic E-state index is -0.581. The molecule has 19 heavy (non-hydrogen) atoms. The maximum Gasteiger partial charge on any atom is 0.356 e. The van der Waals surface area contributed by atoms with E-state index in [1.54, 1.807) is 0 Å². The van der Waals surface area contributed by atoms with Crippen molar-refractivity contribution in [3.8, 4) is 0 Å². The second-order valence-electron chi connectivity index (χ2n) is 4.13. The zero-order valence-corrected chi connectivity index (χ0v) is 10.9. The summed E-state index contributed by atoms with van der Waals surface area (Å²) in [5.41, 5.74) is 1.33. The highest BCUT2D eigenvalue weighted by Crippen LogP contribution is 2.07. The first-order chi connectivity index (χ1) is 9.27. The molecule has 0 aliphatic carbocycles. The highest BCUT2D eigenvalue weighted by Gasteiger charge is 2.12. The quantitative estimate of drug-likeness (QED) is 0.195. The molecule has 0 saturated heterocycles. The Kier molecular flexibility index (Phi) is 7.02. The molecule has 102 valence electrons. The third kappa shape index (κ3) is 5.86. The fourth-order valence-corrected chi connectivity index (χ4v) is 1.68. The Morgan fingerprint density at radius 3 is 2.68 bits per heavy atom. The molecule has 0 fully saturated rings. The Balaban J connectivity index is 2.27. The zero-order valence-electron chi connectivity index (χ0n) is 10.9. The lowest BCUT2D eigenvalue weighted by molar-refractivity contribution is -0.134. The highest BCUT2D eigenvalue weighted by atomic mass is 16.5. The molecule has 1 aromatic carbocycles. The van der Waals surface area contributed by atoms with Gasteiger partial charge in [-0.15, -0.1) is 0 Å². The molecule has 0 aliphatic heterocycles. The fourth-order valence-electron chi connectivity index (χ4n) is 1.68. The van der Waals surface area contributed by atoms with Crippen molar-refractivity contribution >= 4 is 11.7 Å². The third-order valence-electron chi connectivity index (χ3n) is 2.66. The van der Waals surface area contributed by atoms with Gasteiger partial charge in [0.2, 0.25) is 0 Å². The van der Waals surface area contributed by atoms with Gasteiger partial charge in [-0.1, -0.05) is 48.1 Å². The van der Waals surface area contributed by atoms with Crippen LogP contribution in [0, 0.1) is 0 Å². The second-order valence-corrected chi connectivity index (χ2v) is 4.13. The molecule has 0 aromatic heterocycles. The first-order valence-corrected chi connectivity index (χ1v) is 6.30. The van der Waals surface area contributed by atoms with E-state index in [0.29, 0.717) is 6.42 Å². The molecule has 0 amide bonds. The molecule has 0 saturated carbocycles. The van der Waals surface area contributed by atoms with E-state index in [9.17, 15) is 4.79 Å². The summed E-state index contributed by atoms with van der Waals surface area (Å²) >= 11 is 0. The van der Waals surface area contributed by atoms with E-state index in [1.165, 1.54) is 11.6 Å². The van der Waals surface area contributed by atoms with Crippen molar-refractivity contribution in [1.29, 1.82) is 0 Å². The summed E-state index contributed by atoms with van der Waals surface area (Å²) in [4.78, 5) is 11.4. The number of rotatable bonds is 8. The second kappa shape index (κ2) is 8.91. The predicted octanol–water partition coefficient (Wildman–Crippen LogP) is 2.96. The van der Waals surface area contributed by atoms with Gasteiger partial charge in [0.15, 0.2) is 5.71 Å². The van der Waals surface area contributed by atoms with Crippen molar-refractivity contribution in [1.82, 2.24) is 0 Å². The van der Waals surface area contributed by atoms with Crippen LogP contribution in [0.5, 0.6) is 0 Å². The lowest BCUT2D eigenvalue weighted by Gasteiger charge is -2.04. The number of benzene rings is 1. The van der Waals surface area contributed by atoms with E-state index in [4.69, 9.17) is 9.94 Å². The molecular weight excluding hydrogens is 242 g/mol. The van der Waals surface area contributed by atoms with Crippen molar-refractivity contribution in [2.75, 3.05) is 6.61 Å². The van der Waals surface area contributed by atoms with Crippen molar-refractivity contribution in [3.05, 3.63) is 48.6 Å². The number of ether oxygens (including phenoxy) is 1. The topological polar surface area (TPSA) is 58.9 Å². The number of hydrogen-bond acceptors (Lipinski definition) is 4. The average molecular weight is 261 g/mol. The number of nitrogens with zero attached hydrogens (tertiary/aromatic N) is 1. The van der Waals surface area contributed by atoms with Crippen molar-refractivity contribution in [2.24, 2.45) is 5.16 Å². The number of unbranched alkanes of at least 4 members (excludes halogenated alkanes) is 1. The van der Waals surface area contributed by atoms with E-state index in [-0.39, 0.29) is 12.3 Å². The standard InChI is InChI=1S/C15H19NO3/c1-2-12-19-15(17)14(16-18)11-7-6-10-13-8-4-3-5-9-13/h2-5,8-9,18H,1,6-7,10-12H2. The van der Waals surface area contributed by atoms with Crippen LogP contribution in [0.25, 0.3) is 0 Å². The van der Waals surface area contributed by atoms with Crippen LogP contribution in [0.2, 0.25) is 0 Å². The predicted molar refractivity (Wildman–Crippen MR) is 74.4 cm³/mol. The van der Waals surface area contributed by atoms with Gasteiger partial charge in [-0.3, -0.25) is 0 Å². The van der Waals surface area contributed by atoms with Gasteiger partial charge in [-0.25, -0.2) is 4.79 Å². The van der Waals surface area contributed by atoms with Gasteiger partial charge < -0.3 is 9.94 Å². The van der Waals surface area contributed by atoms with Crippen LogP contribution in [0.1, 0.15) is 24.8 Å². The summed E-state index contributed by atoms with van der Waals surface area (Å²) in [6, 6.07) is 10.1. The SMILES string of the molecule is C=CCOC(=O)C(CCCCc1ccccc1)=NO. The Morgan fingerprint density at radius 2 is 2.05 bits per heavy atom. The summed E-state index contributed by atoms with van der Waals surface area (Å²) < 4.78 is 4.81. The Bertz CT molecular complexity index is 426. The molecule has 0 aliphatic rings. The van der Waals surface area contributed by atoms with Crippen LogP contribution in [0.3, 0.4) is 0 Å². The number of oxime groups is 1. The molecule has 1 rings (SSSR count). The van der Waals surface area contributed by atoms with Crippen LogP contribution >= 0.6 is 0 Å². The minimum absolute atomic E-state index is 0.0647. The van der Waals surface area contributed by atoms with Crippen LogP contribution in [-0.4, -0.2) is 23.5 Å². The lowest BCUT2D eigenvalue weighted by atomic mass is 10.1. The minimum Gasteiger partial charge on any atom is -0.457 e. The smallest absolute Gasteiger partial charge is 0.356 e. The number of hydrogen-bond donors (Lipinski definition) is 1. The molecule has 1 aromatic rings. The summed E-state index contributed by atoms with van der Waals surface area (Å²) in [6.45, 7) is 3.57. The molecule has 0 atom stereocenters. The largest absolute Gasteiger partial charge is 0.457 e.